The summed E-state index contributed by atoms with van der Waals surface area (Å²) in [5.41, 5.74) is 6.98. The Bertz CT molecular complexity index is 1770. The van der Waals surface area contributed by atoms with Gasteiger partial charge in [0.1, 0.15) is 5.82 Å². The van der Waals surface area contributed by atoms with Gasteiger partial charge < -0.3 is 16.4 Å². The average Bonchev–Trinajstić information content (AvgIpc) is 3.33. The molecule has 1 amide bonds. The van der Waals surface area contributed by atoms with Crippen LogP contribution in [-0.2, 0) is 6.18 Å². The van der Waals surface area contributed by atoms with Gasteiger partial charge in [-0.25, -0.2) is 23.7 Å². The third-order valence-corrected chi connectivity index (χ3v) is 6.61. The topological polar surface area (TPSA) is 134 Å². The zero-order valence-corrected chi connectivity index (χ0v) is 22.1. The number of aromatic nitrogens is 5. The maximum atomic E-state index is 13.7. The van der Waals surface area contributed by atoms with Crippen LogP contribution in [0.5, 0.6) is 0 Å². The Kier molecular flexibility index (Phi) is 7.45. The predicted molar refractivity (Wildman–Crippen MR) is 145 cm³/mol. The normalized spacial score (nSPS) is 13.1. The lowest BCUT2D eigenvalue weighted by Gasteiger charge is -2.20. The van der Waals surface area contributed by atoms with E-state index in [1.54, 1.807) is 25.3 Å². The number of benzene rings is 2. The molecule has 0 radical (unpaired) electrons. The van der Waals surface area contributed by atoms with E-state index in [4.69, 9.17) is 5.73 Å². The van der Waals surface area contributed by atoms with Gasteiger partial charge in [0, 0.05) is 11.8 Å². The van der Waals surface area contributed by atoms with E-state index in [1.165, 1.54) is 13.0 Å². The molecule has 0 spiro atoms. The predicted octanol–water partition coefficient (Wildman–Crippen LogP) is 5.96. The molecule has 0 saturated heterocycles. The Morgan fingerprint density at radius 3 is 2.31 bits per heavy atom. The van der Waals surface area contributed by atoms with Crippen LogP contribution in [0, 0.1) is 11.6 Å². The fourth-order valence-electron chi connectivity index (χ4n) is 4.25. The van der Waals surface area contributed by atoms with Crippen molar-refractivity contribution in [1.82, 2.24) is 30.5 Å². The monoisotopic (exact) mass is 582 g/mol. The molecule has 5 aromatic rings. The van der Waals surface area contributed by atoms with Crippen LogP contribution in [0.3, 0.4) is 0 Å². The number of alkyl halides is 3. The highest BCUT2D eigenvalue weighted by Crippen LogP contribution is 2.30. The molecule has 0 fully saturated rings. The summed E-state index contributed by atoms with van der Waals surface area (Å²) in [6, 6.07) is 10.8. The Morgan fingerprint density at radius 1 is 0.905 bits per heavy atom. The van der Waals surface area contributed by atoms with Crippen molar-refractivity contribution in [2.75, 3.05) is 11.1 Å². The van der Waals surface area contributed by atoms with Crippen molar-refractivity contribution in [3.8, 4) is 11.1 Å². The third-order valence-electron chi connectivity index (χ3n) is 6.61. The fraction of sp³-hybridized carbons (Fsp3) is 0.179. The molecule has 3 aromatic heterocycles. The summed E-state index contributed by atoms with van der Waals surface area (Å²) in [5.74, 6) is -2.99. The zero-order chi connectivity index (χ0) is 30.2. The summed E-state index contributed by atoms with van der Waals surface area (Å²) in [6.07, 6.45) is -2.67. The van der Waals surface area contributed by atoms with Crippen LogP contribution < -0.4 is 16.4 Å². The van der Waals surface area contributed by atoms with Crippen LogP contribution in [-0.4, -0.2) is 31.1 Å². The number of H-pyrrole nitrogens is 1. The van der Waals surface area contributed by atoms with Gasteiger partial charge in [-0.2, -0.15) is 18.3 Å². The highest BCUT2D eigenvalue weighted by molar-refractivity contribution is 5.97. The first-order valence-electron chi connectivity index (χ1n) is 12.6. The quantitative estimate of drug-likeness (QED) is 0.174. The van der Waals surface area contributed by atoms with E-state index in [2.05, 4.69) is 35.8 Å². The molecule has 0 aliphatic rings. The van der Waals surface area contributed by atoms with Gasteiger partial charge in [0.15, 0.2) is 34.5 Å². The minimum Gasteiger partial charge on any atom is -0.384 e. The number of carbonyl (C=O) groups is 1. The number of rotatable bonds is 7. The third kappa shape index (κ3) is 5.82. The second kappa shape index (κ2) is 11.0. The number of pyridine rings is 1. The first-order chi connectivity index (χ1) is 19.9. The summed E-state index contributed by atoms with van der Waals surface area (Å²) in [5, 5.41) is 12.8. The number of fused-ring (bicyclic) bond motifs is 1. The molecule has 216 valence electrons. The van der Waals surface area contributed by atoms with Gasteiger partial charge in [-0.3, -0.25) is 9.89 Å². The van der Waals surface area contributed by atoms with Crippen LogP contribution in [0.2, 0.25) is 0 Å². The van der Waals surface area contributed by atoms with Crippen molar-refractivity contribution in [3.63, 3.8) is 0 Å². The number of carbonyl (C=O) groups excluding carboxylic acids is 1. The fourth-order valence-corrected chi connectivity index (χ4v) is 4.25. The van der Waals surface area contributed by atoms with E-state index in [9.17, 15) is 26.7 Å². The molecule has 14 heteroatoms. The molecule has 2 unspecified atom stereocenters. The molecule has 5 rings (SSSR count). The van der Waals surface area contributed by atoms with Crippen molar-refractivity contribution < 1.29 is 26.7 Å². The highest BCUT2D eigenvalue weighted by atomic mass is 19.4. The van der Waals surface area contributed by atoms with Gasteiger partial charge in [0.2, 0.25) is 0 Å². The number of nitrogens with one attached hydrogen (secondary N) is 3. The number of nitrogen functional groups attached to an aromatic ring is 1. The number of nitrogens with two attached hydrogens (primary N) is 1. The van der Waals surface area contributed by atoms with E-state index < -0.39 is 47.2 Å². The number of amides is 1. The number of nitrogens with zero attached hydrogens (tertiary/aromatic N) is 4. The second-order valence-corrected chi connectivity index (χ2v) is 9.54. The van der Waals surface area contributed by atoms with E-state index in [0.29, 0.717) is 23.0 Å². The first kappa shape index (κ1) is 28.4. The molecular formula is C28H23F5N8O. The Hall–Kier alpha value is -5.14. The Morgan fingerprint density at radius 2 is 1.62 bits per heavy atom. The van der Waals surface area contributed by atoms with Gasteiger partial charge in [-0.05, 0) is 48.7 Å². The van der Waals surface area contributed by atoms with Crippen LogP contribution in [0.25, 0.3) is 22.2 Å². The van der Waals surface area contributed by atoms with Gasteiger partial charge in [0.05, 0.1) is 23.7 Å². The number of aromatic amines is 1. The molecular weight excluding hydrogens is 559 g/mol. The molecule has 42 heavy (non-hydrogen) atoms. The zero-order valence-electron chi connectivity index (χ0n) is 22.1. The van der Waals surface area contributed by atoms with E-state index in [-0.39, 0.29) is 11.4 Å². The second-order valence-electron chi connectivity index (χ2n) is 9.54. The van der Waals surface area contributed by atoms with Crippen LogP contribution >= 0.6 is 0 Å². The van der Waals surface area contributed by atoms with E-state index in [1.807, 2.05) is 18.2 Å². The molecule has 0 aliphatic carbocycles. The number of halogens is 5. The highest BCUT2D eigenvalue weighted by Gasteiger charge is 2.35. The molecule has 2 atom stereocenters. The van der Waals surface area contributed by atoms with Gasteiger partial charge >= 0.3 is 6.18 Å². The number of anilines is 2. The van der Waals surface area contributed by atoms with Crippen molar-refractivity contribution in [2.45, 2.75) is 32.1 Å². The summed E-state index contributed by atoms with van der Waals surface area (Å²) >= 11 is 0. The molecule has 9 nitrogen and oxygen atoms in total. The standard InChI is InChI=1S/C28H23F5N8O/c1-13(15-3-5-16(6-4-15)18-9-19-24(34)40-41-25(19)35-11-18)37-26-23(39-22(12-36-26)28(31,32)33)27(42)38-14(2)17-7-8-20(29)21(30)10-17/h3-14H,1-2H3,(H,36,37)(H,38,42)(H3,34,35,40,41). The molecule has 5 N–H and O–H groups in total. The van der Waals surface area contributed by atoms with Gasteiger partial charge in [0.25, 0.3) is 5.91 Å². The largest absolute Gasteiger partial charge is 0.434 e. The lowest BCUT2D eigenvalue weighted by Crippen LogP contribution is -2.30. The van der Waals surface area contributed by atoms with Gasteiger partial charge in [-0.15, -0.1) is 0 Å². The van der Waals surface area contributed by atoms with E-state index >= 15 is 0 Å². The van der Waals surface area contributed by atoms with Crippen molar-refractivity contribution in [2.24, 2.45) is 0 Å². The minimum atomic E-state index is -4.85. The summed E-state index contributed by atoms with van der Waals surface area (Å²) in [4.78, 5) is 24.7. The lowest BCUT2D eigenvalue weighted by atomic mass is 10.0. The minimum absolute atomic E-state index is 0.195. The smallest absolute Gasteiger partial charge is 0.384 e. The average molecular weight is 583 g/mol. The molecule has 0 aliphatic heterocycles. The number of hydrogen-bond donors (Lipinski definition) is 4. The lowest BCUT2D eigenvalue weighted by molar-refractivity contribution is -0.141. The van der Waals surface area contributed by atoms with Crippen molar-refractivity contribution in [3.05, 3.63) is 95.1 Å². The summed E-state index contributed by atoms with van der Waals surface area (Å²) < 4.78 is 67.3. The Balaban J connectivity index is 1.38. The van der Waals surface area contributed by atoms with Gasteiger partial charge in [-0.1, -0.05) is 30.3 Å². The maximum Gasteiger partial charge on any atom is 0.434 e. The Labute approximate surface area is 235 Å². The SMILES string of the molecule is CC(NC(=O)c1nc(C(F)(F)F)cnc1NC(C)c1ccc(-c2cnc3n[nH]c(N)c3c2)cc1)c1ccc(F)c(F)c1. The van der Waals surface area contributed by atoms with Crippen molar-refractivity contribution in [1.29, 1.82) is 0 Å². The molecule has 0 bridgehead atoms. The van der Waals surface area contributed by atoms with E-state index in [0.717, 1.165) is 28.8 Å². The van der Waals surface area contributed by atoms with Crippen molar-refractivity contribution >= 4 is 28.6 Å². The summed E-state index contributed by atoms with van der Waals surface area (Å²) in [7, 11) is 0. The molecule has 3 heterocycles. The number of hydrogen-bond acceptors (Lipinski definition) is 7. The van der Waals surface area contributed by atoms with Crippen LogP contribution in [0.4, 0.5) is 33.6 Å². The summed E-state index contributed by atoms with van der Waals surface area (Å²) in [6.45, 7) is 3.21. The maximum absolute atomic E-state index is 13.7. The van der Waals surface area contributed by atoms with Crippen LogP contribution in [0.15, 0.2) is 60.9 Å². The first-order valence-corrected chi connectivity index (χ1v) is 12.6. The van der Waals surface area contributed by atoms with Crippen LogP contribution in [0.1, 0.15) is 53.2 Å². The molecule has 2 aromatic carbocycles. The molecule has 0 saturated carbocycles.